The zero-order valence-electron chi connectivity index (χ0n) is 10.9. The number of hydrogen-bond donors (Lipinski definition) is 2. The number of nitrogens with two attached hydrogens (primary N) is 1. The highest BCUT2D eigenvalue weighted by Crippen LogP contribution is 2.29. The lowest BCUT2D eigenvalue weighted by atomic mass is 10.1. The standard InChI is InChI=1S/C12H14BrNO5S/c1-3-9(11(14)15)20(18,19)10-5-7(12(16)17)4-8(13)6(10)2/h4-5,9H,3H2,1-2H3,(H2,14,15)(H,16,17). The van der Waals surface area contributed by atoms with Gasteiger partial charge in [0, 0.05) is 4.47 Å². The summed E-state index contributed by atoms with van der Waals surface area (Å²) in [6, 6.07) is 2.35. The van der Waals surface area contributed by atoms with Gasteiger partial charge in [-0.3, -0.25) is 4.79 Å². The van der Waals surface area contributed by atoms with E-state index in [1.807, 2.05) is 0 Å². The minimum Gasteiger partial charge on any atom is -0.478 e. The molecule has 0 aliphatic heterocycles. The predicted molar refractivity (Wildman–Crippen MR) is 76.3 cm³/mol. The SMILES string of the molecule is CCC(C(N)=O)S(=O)(=O)c1cc(C(=O)O)cc(Br)c1C. The van der Waals surface area contributed by atoms with E-state index in [2.05, 4.69) is 15.9 Å². The topological polar surface area (TPSA) is 115 Å². The third-order valence-corrected chi connectivity index (χ3v) is 6.09. The first-order valence-corrected chi connectivity index (χ1v) is 8.03. The Hall–Kier alpha value is -1.41. The molecular formula is C12H14BrNO5S. The fourth-order valence-corrected chi connectivity index (χ4v) is 4.27. The van der Waals surface area contributed by atoms with Gasteiger partial charge < -0.3 is 10.8 Å². The number of carbonyl (C=O) groups is 2. The van der Waals surface area contributed by atoms with Crippen molar-refractivity contribution < 1.29 is 23.1 Å². The molecule has 20 heavy (non-hydrogen) atoms. The van der Waals surface area contributed by atoms with Gasteiger partial charge in [-0.15, -0.1) is 0 Å². The van der Waals surface area contributed by atoms with Crippen LogP contribution in [-0.4, -0.2) is 30.7 Å². The lowest BCUT2D eigenvalue weighted by Gasteiger charge is -2.15. The molecule has 0 heterocycles. The molecule has 0 bridgehead atoms. The van der Waals surface area contributed by atoms with Crippen LogP contribution in [0.25, 0.3) is 0 Å². The van der Waals surface area contributed by atoms with Crippen molar-refractivity contribution in [1.82, 2.24) is 0 Å². The first kappa shape index (κ1) is 16.6. The average molecular weight is 364 g/mol. The number of hydrogen-bond acceptors (Lipinski definition) is 4. The molecule has 1 unspecified atom stereocenters. The van der Waals surface area contributed by atoms with Crippen molar-refractivity contribution in [1.29, 1.82) is 0 Å². The minimum absolute atomic E-state index is 0.0199. The van der Waals surface area contributed by atoms with Crippen LogP contribution in [0.3, 0.4) is 0 Å². The Bertz CT molecular complexity index is 669. The molecular weight excluding hydrogens is 350 g/mol. The molecule has 110 valence electrons. The van der Waals surface area contributed by atoms with E-state index in [0.717, 1.165) is 6.07 Å². The highest BCUT2D eigenvalue weighted by molar-refractivity contribution is 9.10. The maximum atomic E-state index is 12.4. The maximum absolute atomic E-state index is 12.4. The quantitative estimate of drug-likeness (QED) is 0.822. The molecule has 1 aromatic rings. The number of halogens is 1. The monoisotopic (exact) mass is 363 g/mol. The van der Waals surface area contributed by atoms with Gasteiger partial charge in [-0.05, 0) is 31.0 Å². The van der Waals surface area contributed by atoms with E-state index in [-0.39, 0.29) is 16.9 Å². The van der Waals surface area contributed by atoms with Gasteiger partial charge in [-0.2, -0.15) is 0 Å². The van der Waals surface area contributed by atoms with Crippen LogP contribution >= 0.6 is 15.9 Å². The molecule has 3 N–H and O–H groups in total. The number of benzene rings is 1. The first-order valence-electron chi connectivity index (χ1n) is 5.69. The third-order valence-electron chi connectivity index (χ3n) is 2.91. The minimum atomic E-state index is -4.03. The van der Waals surface area contributed by atoms with Crippen molar-refractivity contribution in [2.45, 2.75) is 30.4 Å². The molecule has 0 aliphatic rings. The molecule has 0 aromatic heterocycles. The van der Waals surface area contributed by atoms with Crippen molar-refractivity contribution >= 4 is 37.6 Å². The maximum Gasteiger partial charge on any atom is 0.335 e. The number of carboxylic acids is 1. The summed E-state index contributed by atoms with van der Waals surface area (Å²) in [6.45, 7) is 3.05. The molecule has 0 saturated carbocycles. The normalized spacial score (nSPS) is 12.9. The molecule has 1 amide bonds. The van der Waals surface area contributed by atoms with E-state index in [1.54, 1.807) is 0 Å². The Balaban J connectivity index is 3.60. The highest BCUT2D eigenvalue weighted by Gasteiger charge is 2.33. The summed E-state index contributed by atoms with van der Waals surface area (Å²) in [6.07, 6.45) is 0.0199. The number of carboxylic acid groups (broad SMARTS) is 1. The van der Waals surface area contributed by atoms with Crippen molar-refractivity contribution in [2.75, 3.05) is 0 Å². The summed E-state index contributed by atoms with van der Waals surface area (Å²) in [7, 11) is -4.03. The predicted octanol–water partition coefficient (Wildman–Crippen LogP) is 1.49. The number of rotatable bonds is 5. The van der Waals surface area contributed by atoms with E-state index in [9.17, 15) is 18.0 Å². The molecule has 0 aliphatic carbocycles. The van der Waals surface area contributed by atoms with Gasteiger partial charge in [-0.1, -0.05) is 22.9 Å². The lowest BCUT2D eigenvalue weighted by Crippen LogP contribution is -2.35. The second-order valence-corrected chi connectivity index (χ2v) is 7.18. The van der Waals surface area contributed by atoms with E-state index >= 15 is 0 Å². The molecule has 1 atom stereocenters. The first-order chi connectivity index (χ1) is 9.12. The van der Waals surface area contributed by atoms with Gasteiger partial charge in [0.1, 0.15) is 5.25 Å². The Morgan fingerprint density at radius 1 is 1.40 bits per heavy atom. The van der Waals surface area contributed by atoms with Gasteiger partial charge in [0.2, 0.25) is 5.91 Å². The highest BCUT2D eigenvalue weighted by atomic mass is 79.9. The van der Waals surface area contributed by atoms with Crippen molar-refractivity contribution in [3.05, 3.63) is 27.7 Å². The summed E-state index contributed by atoms with van der Waals surface area (Å²) in [5, 5.41) is 7.61. The Morgan fingerprint density at radius 3 is 2.35 bits per heavy atom. The summed E-state index contributed by atoms with van der Waals surface area (Å²) in [5.41, 5.74) is 5.27. The number of aromatic carboxylic acids is 1. The van der Waals surface area contributed by atoms with Crippen molar-refractivity contribution in [2.24, 2.45) is 5.73 Å². The Labute approximate surface area is 125 Å². The van der Waals surface area contributed by atoms with Crippen LogP contribution < -0.4 is 5.73 Å². The second-order valence-electron chi connectivity index (χ2n) is 4.23. The Kier molecular flexibility index (Phi) is 4.93. The van der Waals surface area contributed by atoms with Gasteiger partial charge >= 0.3 is 5.97 Å². The average Bonchev–Trinajstić information content (AvgIpc) is 2.31. The largest absolute Gasteiger partial charge is 0.478 e. The molecule has 1 aromatic carbocycles. The van der Waals surface area contributed by atoms with E-state index < -0.39 is 27.0 Å². The van der Waals surface area contributed by atoms with Gasteiger partial charge in [-0.25, -0.2) is 13.2 Å². The van der Waals surface area contributed by atoms with Crippen molar-refractivity contribution in [3.8, 4) is 0 Å². The molecule has 0 saturated heterocycles. The lowest BCUT2D eigenvalue weighted by molar-refractivity contribution is -0.117. The van der Waals surface area contributed by atoms with Crippen LogP contribution in [0.2, 0.25) is 0 Å². The van der Waals surface area contributed by atoms with Gasteiger partial charge in [0.25, 0.3) is 0 Å². The van der Waals surface area contributed by atoms with E-state index in [0.29, 0.717) is 10.0 Å². The van der Waals surface area contributed by atoms with Crippen LogP contribution in [0, 0.1) is 6.92 Å². The van der Waals surface area contributed by atoms with Crippen LogP contribution in [0.5, 0.6) is 0 Å². The van der Waals surface area contributed by atoms with Crippen LogP contribution in [0.1, 0.15) is 29.3 Å². The van der Waals surface area contributed by atoms with Crippen LogP contribution in [0.15, 0.2) is 21.5 Å². The van der Waals surface area contributed by atoms with Crippen LogP contribution in [0.4, 0.5) is 0 Å². The number of sulfone groups is 1. The summed E-state index contributed by atoms with van der Waals surface area (Å²) >= 11 is 3.12. The van der Waals surface area contributed by atoms with E-state index in [4.69, 9.17) is 10.8 Å². The fourth-order valence-electron chi connectivity index (χ4n) is 1.80. The molecule has 0 radical (unpaired) electrons. The fraction of sp³-hybridized carbons (Fsp3) is 0.333. The van der Waals surface area contributed by atoms with Gasteiger partial charge in [0.05, 0.1) is 10.5 Å². The number of primary amides is 1. The third kappa shape index (κ3) is 3.01. The van der Waals surface area contributed by atoms with Gasteiger partial charge in [0.15, 0.2) is 9.84 Å². The zero-order chi connectivity index (χ0) is 15.7. The Morgan fingerprint density at radius 2 is 1.95 bits per heavy atom. The molecule has 0 fully saturated rings. The second kappa shape index (κ2) is 5.92. The zero-order valence-corrected chi connectivity index (χ0v) is 13.3. The summed E-state index contributed by atoms with van der Waals surface area (Å²) in [5.74, 6) is -2.21. The summed E-state index contributed by atoms with van der Waals surface area (Å²) in [4.78, 5) is 22.1. The summed E-state index contributed by atoms with van der Waals surface area (Å²) < 4.78 is 25.2. The molecule has 1 rings (SSSR count). The number of amides is 1. The number of carbonyl (C=O) groups excluding carboxylic acids is 1. The molecule has 0 spiro atoms. The van der Waals surface area contributed by atoms with Crippen LogP contribution in [-0.2, 0) is 14.6 Å². The smallest absolute Gasteiger partial charge is 0.335 e. The molecule has 8 heteroatoms. The molecule has 6 nitrogen and oxygen atoms in total. The van der Waals surface area contributed by atoms with Crippen molar-refractivity contribution in [3.63, 3.8) is 0 Å². The van der Waals surface area contributed by atoms with E-state index in [1.165, 1.54) is 19.9 Å².